The molecular weight excluding hydrogens is 261 g/mol. The van der Waals surface area contributed by atoms with Gasteiger partial charge in [-0.1, -0.05) is 0 Å². The van der Waals surface area contributed by atoms with Gasteiger partial charge in [0.2, 0.25) is 5.95 Å². The summed E-state index contributed by atoms with van der Waals surface area (Å²) in [6, 6.07) is 0.978. The van der Waals surface area contributed by atoms with Crippen LogP contribution in [0.25, 0.3) is 0 Å². The lowest BCUT2D eigenvalue weighted by Gasteiger charge is -2.22. The minimum Gasteiger partial charge on any atom is -0.380 e. The van der Waals surface area contributed by atoms with Crippen LogP contribution in [0.3, 0.4) is 0 Å². The first-order valence-corrected chi connectivity index (χ1v) is 5.97. The Morgan fingerprint density at radius 1 is 1.26 bits per heavy atom. The van der Waals surface area contributed by atoms with E-state index in [0.717, 1.165) is 12.5 Å². The van der Waals surface area contributed by atoms with Gasteiger partial charge in [-0.15, -0.1) is 0 Å². The van der Waals surface area contributed by atoms with Crippen LogP contribution in [0.5, 0.6) is 0 Å². The Kier molecular flexibility index (Phi) is 4.08. The standard InChI is InChI=1S/C11H15F3N4O/c1-15-10-16-8(11(12,13)14)7-9(17-10)18-3-2-5-19-6-4-18/h7H,2-6H2,1H3,(H,15,16,17). The number of aromatic nitrogens is 2. The number of nitrogens with zero attached hydrogens (tertiary/aromatic N) is 3. The van der Waals surface area contributed by atoms with Gasteiger partial charge >= 0.3 is 6.18 Å². The Morgan fingerprint density at radius 2 is 2.05 bits per heavy atom. The van der Waals surface area contributed by atoms with Crippen LogP contribution in [0.4, 0.5) is 24.9 Å². The van der Waals surface area contributed by atoms with Crippen LogP contribution in [-0.4, -0.2) is 43.3 Å². The first-order chi connectivity index (χ1) is 9.00. The van der Waals surface area contributed by atoms with E-state index in [1.165, 1.54) is 7.05 Å². The van der Waals surface area contributed by atoms with E-state index in [0.29, 0.717) is 26.3 Å². The predicted molar refractivity (Wildman–Crippen MR) is 64.2 cm³/mol. The third-order valence-electron chi connectivity index (χ3n) is 2.77. The van der Waals surface area contributed by atoms with Crippen molar-refractivity contribution in [1.82, 2.24) is 9.97 Å². The normalized spacial score (nSPS) is 17.2. The van der Waals surface area contributed by atoms with Crippen LogP contribution in [0.2, 0.25) is 0 Å². The number of anilines is 2. The van der Waals surface area contributed by atoms with Crippen LogP contribution >= 0.6 is 0 Å². The molecule has 5 nitrogen and oxygen atoms in total. The summed E-state index contributed by atoms with van der Waals surface area (Å²) in [5.41, 5.74) is -0.938. The molecule has 1 fully saturated rings. The van der Waals surface area contributed by atoms with Gasteiger partial charge in [0.1, 0.15) is 5.82 Å². The molecule has 8 heteroatoms. The molecule has 1 aliphatic heterocycles. The molecule has 0 atom stereocenters. The molecule has 1 aromatic rings. The van der Waals surface area contributed by atoms with E-state index >= 15 is 0 Å². The Labute approximate surface area is 108 Å². The maximum atomic E-state index is 12.8. The van der Waals surface area contributed by atoms with Gasteiger partial charge in [-0.05, 0) is 6.42 Å². The van der Waals surface area contributed by atoms with Gasteiger partial charge in [-0.25, -0.2) is 4.98 Å². The van der Waals surface area contributed by atoms with E-state index < -0.39 is 11.9 Å². The maximum absolute atomic E-state index is 12.8. The summed E-state index contributed by atoms with van der Waals surface area (Å²) < 4.78 is 43.6. The zero-order chi connectivity index (χ0) is 13.9. The summed E-state index contributed by atoms with van der Waals surface area (Å²) in [5, 5.41) is 2.55. The van der Waals surface area contributed by atoms with Crippen molar-refractivity contribution in [3.05, 3.63) is 11.8 Å². The van der Waals surface area contributed by atoms with Crippen LogP contribution in [0, 0.1) is 0 Å². The molecule has 0 bridgehead atoms. The van der Waals surface area contributed by atoms with Crippen LogP contribution in [0.15, 0.2) is 6.07 Å². The Balaban J connectivity index is 2.33. The van der Waals surface area contributed by atoms with Gasteiger partial charge in [0, 0.05) is 32.8 Å². The molecule has 1 aliphatic rings. The van der Waals surface area contributed by atoms with E-state index in [1.54, 1.807) is 4.90 Å². The molecule has 0 radical (unpaired) electrons. The lowest BCUT2D eigenvalue weighted by atomic mass is 10.3. The molecule has 2 rings (SSSR count). The van der Waals surface area contributed by atoms with Crippen molar-refractivity contribution < 1.29 is 17.9 Å². The molecule has 1 saturated heterocycles. The highest BCUT2D eigenvalue weighted by molar-refractivity contribution is 5.45. The van der Waals surface area contributed by atoms with Crippen LogP contribution in [0.1, 0.15) is 12.1 Å². The van der Waals surface area contributed by atoms with Gasteiger partial charge < -0.3 is 15.0 Å². The quantitative estimate of drug-likeness (QED) is 0.892. The van der Waals surface area contributed by atoms with Crippen molar-refractivity contribution in [3.63, 3.8) is 0 Å². The number of ether oxygens (including phenoxy) is 1. The van der Waals surface area contributed by atoms with E-state index in [9.17, 15) is 13.2 Å². The Morgan fingerprint density at radius 3 is 2.74 bits per heavy atom. The van der Waals surface area contributed by atoms with Gasteiger partial charge in [0.05, 0.1) is 6.61 Å². The number of nitrogens with one attached hydrogen (secondary N) is 1. The summed E-state index contributed by atoms with van der Waals surface area (Å²) in [5.74, 6) is 0.243. The fourth-order valence-corrected chi connectivity index (χ4v) is 1.83. The largest absolute Gasteiger partial charge is 0.433 e. The molecule has 0 saturated carbocycles. The van der Waals surface area contributed by atoms with Crippen molar-refractivity contribution >= 4 is 11.8 Å². The van der Waals surface area contributed by atoms with Crippen molar-refractivity contribution in [2.75, 3.05) is 43.6 Å². The van der Waals surface area contributed by atoms with Crippen LogP contribution in [-0.2, 0) is 10.9 Å². The third kappa shape index (κ3) is 3.46. The predicted octanol–water partition coefficient (Wildman–Crippen LogP) is 1.76. The SMILES string of the molecule is CNc1nc(N2CCCOCC2)cc(C(F)(F)F)n1. The maximum Gasteiger partial charge on any atom is 0.433 e. The summed E-state index contributed by atoms with van der Waals surface area (Å²) in [6.07, 6.45) is -3.72. The van der Waals surface area contributed by atoms with E-state index in [1.807, 2.05) is 0 Å². The van der Waals surface area contributed by atoms with Crippen molar-refractivity contribution in [1.29, 1.82) is 0 Å². The number of rotatable bonds is 2. The first kappa shape index (κ1) is 13.9. The molecule has 0 unspecified atom stereocenters. The highest BCUT2D eigenvalue weighted by Gasteiger charge is 2.34. The minimum absolute atomic E-state index is 0.0324. The molecule has 106 valence electrons. The topological polar surface area (TPSA) is 50.3 Å². The molecule has 0 aromatic carbocycles. The summed E-state index contributed by atoms with van der Waals surface area (Å²) in [6.45, 7) is 2.25. The monoisotopic (exact) mass is 276 g/mol. The van der Waals surface area contributed by atoms with Crippen LogP contribution < -0.4 is 10.2 Å². The van der Waals surface area contributed by atoms with Gasteiger partial charge in [0.25, 0.3) is 0 Å². The zero-order valence-electron chi connectivity index (χ0n) is 10.5. The number of halogens is 3. The molecule has 1 aromatic heterocycles. The van der Waals surface area contributed by atoms with Gasteiger partial charge in [0.15, 0.2) is 5.69 Å². The average molecular weight is 276 g/mol. The summed E-state index contributed by atoms with van der Waals surface area (Å²) in [4.78, 5) is 9.30. The highest BCUT2D eigenvalue weighted by Crippen LogP contribution is 2.30. The fraction of sp³-hybridized carbons (Fsp3) is 0.636. The number of alkyl halides is 3. The van der Waals surface area contributed by atoms with E-state index in [-0.39, 0.29) is 11.8 Å². The third-order valence-corrected chi connectivity index (χ3v) is 2.77. The Bertz CT molecular complexity index is 430. The highest BCUT2D eigenvalue weighted by atomic mass is 19.4. The fourth-order valence-electron chi connectivity index (χ4n) is 1.83. The first-order valence-electron chi connectivity index (χ1n) is 5.97. The minimum atomic E-state index is -4.48. The summed E-state index contributed by atoms with van der Waals surface area (Å²) in [7, 11) is 1.49. The molecule has 1 N–H and O–H groups in total. The molecule has 19 heavy (non-hydrogen) atoms. The van der Waals surface area contributed by atoms with Gasteiger partial charge in [-0.2, -0.15) is 18.2 Å². The molecule has 0 amide bonds. The molecule has 0 spiro atoms. The summed E-state index contributed by atoms with van der Waals surface area (Å²) >= 11 is 0. The number of hydrogen-bond acceptors (Lipinski definition) is 5. The van der Waals surface area contributed by atoms with E-state index in [4.69, 9.17) is 4.74 Å². The molecule has 0 aliphatic carbocycles. The molecular formula is C11H15F3N4O. The second kappa shape index (κ2) is 5.60. The van der Waals surface area contributed by atoms with Crippen molar-refractivity contribution in [2.24, 2.45) is 0 Å². The smallest absolute Gasteiger partial charge is 0.380 e. The van der Waals surface area contributed by atoms with Gasteiger partial charge in [-0.3, -0.25) is 0 Å². The van der Waals surface area contributed by atoms with Crippen molar-refractivity contribution in [3.8, 4) is 0 Å². The van der Waals surface area contributed by atoms with Crippen molar-refractivity contribution in [2.45, 2.75) is 12.6 Å². The zero-order valence-corrected chi connectivity index (χ0v) is 10.5. The second-order valence-corrected chi connectivity index (χ2v) is 4.14. The van der Waals surface area contributed by atoms with E-state index in [2.05, 4.69) is 15.3 Å². The lowest BCUT2D eigenvalue weighted by Crippen LogP contribution is -2.28. The lowest BCUT2D eigenvalue weighted by molar-refractivity contribution is -0.141. The number of hydrogen-bond donors (Lipinski definition) is 1. The Hall–Kier alpha value is -1.57. The molecule has 2 heterocycles. The average Bonchev–Trinajstić information content (AvgIpc) is 2.66. The second-order valence-electron chi connectivity index (χ2n) is 4.14.